The summed E-state index contributed by atoms with van der Waals surface area (Å²) in [6.07, 6.45) is 11.8. The molecule has 0 aliphatic rings. The van der Waals surface area contributed by atoms with E-state index in [1.54, 1.807) is 42.7 Å². The molecule has 31 heavy (non-hydrogen) atoms. The first-order valence-electron chi connectivity index (χ1n) is 11.6. The summed E-state index contributed by atoms with van der Waals surface area (Å²) in [5.74, 6) is 0. The van der Waals surface area contributed by atoms with Gasteiger partial charge in [0.05, 0.1) is 0 Å². The van der Waals surface area contributed by atoms with Crippen molar-refractivity contribution in [2.75, 3.05) is 49.2 Å². The highest BCUT2D eigenvalue weighted by molar-refractivity contribution is 6.60. The Balaban J connectivity index is 4.78. The van der Waals surface area contributed by atoms with Crippen molar-refractivity contribution >= 4 is 17.6 Å². The highest BCUT2D eigenvalue weighted by atomic mass is 28.4. The van der Waals surface area contributed by atoms with Gasteiger partial charge in [-0.05, 0) is 45.1 Å². The van der Waals surface area contributed by atoms with E-state index in [-0.39, 0.29) is 5.54 Å². The zero-order valence-corrected chi connectivity index (χ0v) is 23.0. The van der Waals surface area contributed by atoms with Gasteiger partial charge >= 0.3 is 17.6 Å². The number of rotatable bonds is 22. The maximum atomic E-state index is 6.94. The minimum Gasteiger partial charge on any atom is -0.377 e. The number of nitrogens with two attached hydrogens (primary N) is 2. The van der Waals surface area contributed by atoms with Crippen LogP contribution >= 0.6 is 0 Å². The van der Waals surface area contributed by atoms with E-state index in [2.05, 4.69) is 0 Å². The van der Waals surface area contributed by atoms with Crippen molar-refractivity contribution in [2.45, 2.75) is 88.3 Å². The lowest BCUT2D eigenvalue weighted by atomic mass is 9.84. The van der Waals surface area contributed by atoms with Gasteiger partial charge in [-0.25, -0.2) is 0 Å². The first-order valence-corrected chi connectivity index (χ1v) is 15.5. The molecule has 8 nitrogen and oxygen atoms in total. The minimum atomic E-state index is -2.57. The van der Waals surface area contributed by atoms with Crippen LogP contribution in [-0.2, 0) is 26.6 Å². The van der Waals surface area contributed by atoms with Crippen LogP contribution in [0.15, 0.2) is 0 Å². The van der Waals surface area contributed by atoms with E-state index in [1.807, 2.05) is 0 Å². The molecule has 188 valence electrons. The second kappa shape index (κ2) is 17.6. The molecule has 4 N–H and O–H groups in total. The maximum absolute atomic E-state index is 6.94. The second-order valence-electron chi connectivity index (χ2n) is 8.32. The molecule has 0 aromatic heterocycles. The molecule has 10 heteroatoms. The lowest BCUT2D eigenvalue weighted by Crippen LogP contribution is -2.45. The van der Waals surface area contributed by atoms with E-state index in [0.29, 0.717) is 0 Å². The average Bonchev–Trinajstić information content (AvgIpc) is 2.80. The quantitative estimate of drug-likeness (QED) is 0.178. The number of hydrogen-bond acceptors (Lipinski definition) is 8. The third kappa shape index (κ3) is 12.2. The van der Waals surface area contributed by atoms with Crippen LogP contribution in [0.25, 0.3) is 0 Å². The fourth-order valence-corrected chi connectivity index (χ4v) is 7.57. The molecular weight excluding hydrogens is 432 g/mol. The average molecular weight is 483 g/mol. The van der Waals surface area contributed by atoms with E-state index < -0.39 is 17.6 Å². The van der Waals surface area contributed by atoms with Crippen LogP contribution in [0, 0.1) is 0 Å². The molecule has 0 unspecified atom stereocenters. The van der Waals surface area contributed by atoms with Crippen LogP contribution < -0.4 is 11.5 Å². The van der Waals surface area contributed by atoms with Gasteiger partial charge in [0.2, 0.25) is 0 Å². The fourth-order valence-electron chi connectivity index (χ4n) is 4.13. The Labute approximate surface area is 193 Å². The monoisotopic (exact) mass is 482 g/mol. The Kier molecular flexibility index (Phi) is 17.6. The van der Waals surface area contributed by atoms with Crippen molar-refractivity contribution in [3.63, 3.8) is 0 Å². The van der Waals surface area contributed by atoms with Gasteiger partial charge in [0, 0.05) is 60.3 Å². The van der Waals surface area contributed by atoms with Crippen LogP contribution in [0.4, 0.5) is 0 Å². The van der Waals surface area contributed by atoms with Crippen molar-refractivity contribution in [2.24, 2.45) is 11.5 Å². The summed E-state index contributed by atoms with van der Waals surface area (Å²) >= 11 is 0. The van der Waals surface area contributed by atoms with Gasteiger partial charge in [-0.2, -0.15) is 0 Å². The maximum Gasteiger partial charge on any atom is 0.500 e. The summed E-state index contributed by atoms with van der Waals surface area (Å²) in [6, 6.07) is 1.53. The van der Waals surface area contributed by atoms with E-state index >= 15 is 0 Å². The van der Waals surface area contributed by atoms with E-state index in [9.17, 15) is 0 Å². The van der Waals surface area contributed by atoms with Gasteiger partial charge in [0.15, 0.2) is 0 Å². The summed E-state index contributed by atoms with van der Waals surface area (Å²) in [6.45, 7) is 0.788. The Morgan fingerprint density at radius 2 is 0.839 bits per heavy atom. The molecule has 0 spiro atoms. The molecule has 0 amide bonds. The number of unbranched alkanes of at least 4 members (excludes halogenated alkanes) is 5. The Hall–Kier alpha value is 0.114. The van der Waals surface area contributed by atoms with Crippen LogP contribution in [-0.4, -0.2) is 72.4 Å². The molecule has 0 saturated heterocycles. The predicted octanol–water partition coefficient (Wildman–Crippen LogP) is 3.69. The SMILES string of the molecule is CO[Si](CCCC(N)(CCCCCCCCN)CCC[Si](OC)(OC)OC)(OC)OC. The minimum absolute atomic E-state index is 0.234. The molecule has 0 saturated carbocycles. The molecule has 0 bridgehead atoms. The van der Waals surface area contributed by atoms with Gasteiger partial charge in [-0.1, -0.05) is 32.1 Å². The largest absolute Gasteiger partial charge is 0.500 e. The Bertz CT molecular complexity index is 384. The normalized spacial score (nSPS) is 13.2. The molecule has 0 rings (SSSR count). The smallest absolute Gasteiger partial charge is 0.377 e. The summed E-state index contributed by atoms with van der Waals surface area (Å²) < 4.78 is 33.4. The van der Waals surface area contributed by atoms with Gasteiger partial charge in [0.25, 0.3) is 0 Å². The molecule has 0 fully saturated rings. The molecule has 0 heterocycles. The summed E-state index contributed by atoms with van der Waals surface area (Å²) in [5, 5.41) is 0. The number of hydrogen-bond donors (Lipinski definition) is 2. The zero-order valence-electron chi connectivity index (χ0n) is 21.0. The Morgan fingerprint density at radius 1 is 0.516 bits per heavy atom. The van der Waals surface area contributed by atoms with Gasteiger partial charge in [-0.15, -0.1) is 0 Å². The van der Waals surface area contributed by atoms with E-state index in [0.717, 1.165) is 63.6 Å². The topological polar surface area (TPSA) is 107 Å². The highest BCUT2D eigenvalue weighted by Crippen LogP contribution is 2.29. The molecule has 0 aromatic carbocycles. The third-order valence-electron chi connectivity index (χ3n) is 6.31. The van der Waals surface area contributed by atoms with Crippen molar-refractivity contribution in [3.05, 3.63) is 0 Å². The molecule has 0 radical (unpaired) electrons. The van der Waals surface area contributed by atoms with Gasteiger partial charge in [-0.3, -0.25) is 0 Å². The molecular formula is C21H50N2O6Si2. The fraction of sp³-hybridized carbons (Fsp3) is 1.00. The Morgan fingerprint density at radius 3 is 1.19 bits per heavy atom. The molecule has 0 aliphatic heterocycles. The highest BCUT2D eigenvalue weighted by Gasteiger charge is 2.40. The lowest BCUT2D eigenvalue weighted by molar-refractivity contribution is 0.120. The summed E-state index contributed by atoms with van der Waals surface area (Å²) in [5.41, 5.74) is 12.3. The van der Waals surface area contributed by atoms with Crippen molar-refractivity contribution in [1.29, 1.82) is 0 Å². The third-order valence-corrected chi connectivity index (χ3v) is 12.0. The van der Waals surface area contributed by atoms with Crippen molar-refractivity contribution in [1.82, 2.24) is 0 Å². The van der Waals surface area contributed by atoms with Crippen molar-refractivity contribution < 1.29 is 26.6 Å². The van der Waals surface area contributed by atoms with Gasteiger partial charge < -0.3 is 38.0 Å². The van der Waals surface area contributed by atoms with Crippen LogP contribution in [0.3, 0.4) is 0 Å². The first-order chi connectivity index (χ1) is 14.8. The zero-order chi connectivity index (χ0) is 23.6. The molecule has 0 aromatic rings. The molecule has 0 aliphatic carbocycles. The summed E-state index contributed by atoms with van der Waals surface area (Å²) in [4.78, 5) is 0. The van der Waals surface area contributed by atoms with Crippen LogP contribution in [0.5, 0.6) is 0 Å². The van der Waals surface area contributed by atoms with E-state index in [4.69, 9.17) is 38.0 Å². The summed E-state index contributed by atoms with van der Waals surface area (Å²) in [7, 11) is 4.80. The predicted molar refractivity (Wildman–Crippen MR) is 130 cm³/mol. The lowest BCUT2D eigenvalue weighted by Gasteiger charge is -2.33. The van der Waals surface area contributed by atoms with Crippen LogP contribution in [0.1, 0.15) is 70.6 Å². The van der Waals surface area contributed by atoms with Gasteiger partial charge in [0.1, 0.15) is 0 Å². The van der Waals surface area contributed by atoms with Crippen molar-refractivity contribution in [3.8, 4) is 0 Å². The second-order valence-corrected chi connectivity index (χ2v) is 14.5. The van der Waals surface area contributed by atoms with Crippen LogP contribution in [0.2, 0.25) is 12.1 Å². The standard InChI is InChI=1S/C21H50N2O6Si2/c1-24-30(25-2,26-3)19-13-16-21(23,15-11-9-7-8-10-12-18-22)17-14-20-31(27-4,28-5)29-6/h7-20,22-23H2,1-6H3. The molecule has 0 atom stereocenters. The van der Waals surface area contributed by atoms with E-state index in [1.165, 1.54) is 25.7 Å². The first kappa shape index (κ1) is 31.1.